The Bertz CT molecular complexity index is 436. The van der Waals surface area contributed by atoms with Gasteiger partial charge in [-0.25, -0.2) is 4.98 Å². The first-order valence-corrected chi connectivity index (χ1v) is 5.50. The summed E-state index contributed by atoms with van der Waals surface area (Å²) in [4.78, 5) is 17.3. The molecule has 0 aliphatic carbocycles. The van der Waals surface area contributed by atoms with Crippen molar-refractivity contribution >= 4 is 5.91 Å². The highest BCUT2D eigenvalue weighted by Crippen LogP contribution is 1.99. The second-order valence-corrected chi connectivity index (χ2v) is 4.17. The molecule has 0 spiro atoms. The number of likely N-dealkylation sites (N-methyl/N-ethyl adjacent to an activating group) is 1. The largest absolute Gasteiger partial charge is 0.390 e. The number of nitriles is 1. The predicted molar refractivity (Wildman–Crippen MR) is 65.8 cm³/mol. The highest BCUT2D eigenvalue weighted by Gasteiger charge is 2.10. The van der Waals surface area contributed by atoms with Gasteiger partial charge >= 0.3 is 0 Å². The van der Waals surface area contributed by atoms with E-state index in [4.69, 9.17) is 5.26 Å². The third kappa shape index (κ3) is 4.49. The monoisotopic (exact) mass is 248 g/mol. The van der Waals surface area contributed by atoms with E-state index in [1.807, 2.05) is 25.1 Å². The van der Waals surface area contributed by atoms with E-state index in [2.05, 4.69) is 10.3 Å². The molecule has 0 bridgehead atoms. The number of amides is 1. The Morgan fingerprint density at radius 2 is 2.33 bits per heavy atom. The summed E-state index contributed by atoms with van der Waals surface area (Å²) in [7, 11) is 3.69. The zero-order chi connectivity index (χ0) is 13.5. The van der Waals surface area contributed by atoms with Crippen LogP contribution in [0.4, 0.5) is 0 Å². The number of aromatic nitrogens is 1. The maximum absolute atomic E-state index is 11.7. The van der Waals surface area contributed by atoms with Gasteiger partial charge in [0.05, 0.1) is 11.7 Å². The molecule has 0 saturated heterocycles. The van der Waals surface area contributed by atoms with Crippen LogP contribution >= 0.6 is 0 Å². The van der Waals surface area contributed by atoms with Gasteiger partial charge in [0.2, 0.25) is 0 Å². The third-order valence-corrected chi connectivity index (χ3v) is 2.21. The Kier molecular flexibility index (Phi) is 5.24. The van der Waals surface area contributed by atoms with Crippen molar-refractivity contribution in [3.8, 4) is 6.07 Å². The minimum Gasteiger partial charge on any atom is -0.390 e. The van der Waals surface area contributed by atoms with Crippen LogP contribution in [0.2, 0.25) is 0 Å². The fourth-order valence-corrected chi connectivity index (χ4v) is 1.39. The summed E-state index contributed by atoms with van der Waals surface area (Å²) in [5.74, 6) is -0.315. The maximum atomic E-state index is 11.7. The maximum Gasteiger partial charge on any atom is 0.252 e. The second kappa shape index (κ2) is 6.69. The van der Waals surface area contributed by atoms with E-state index >= 15 is 0 Å². The lowest BCUT2D eigenvalue weighted by Gasteiger charge is -2.16. The van der Waals surface area contributed by atoms with Crippen molar-refractivity contribution in [2.24, 2.45) is 0 Å². The molecule has 1 aromatic heterocycles. The number of aliphatic hydroxyl groups excluding tert-OH is 1. The fraction of sp³-hybridized carbons (Fsp3) is 0.417. The Labute approximate surface area is 106 Å². The molecule has 18 heavy (non-hydrogen) atoms. The zero-order valence-electron chi connectivity index (χ0n) is 10.4. The molecule has 1 unspecified atom stereocenters. The Morgan fingerprint density at radius 1 is 1.61 bits per heavy atom. The molecule has 1 rings (SSSR count). The number of carbonyl (C=O) groups excluding carboxylic acids is 1. The molecule has 1 amide bonds. The minimum absolute atomic E-state index is 0.178. The minimum atomic E-state index is -0.615. The van der Waals surface area contributed by atoms with E-state index in [9.17, 15) is 9.90 Å². The molecule has 96 valence electrons. The number of aliphatic hydroxyl groups is 1. The first kappa shape index (κ1) is 14.1. The summed E-state index contributed by atoms with van der Waals surface area (Å²) < 4.78 is 0. The van der Waals surface area contributed by atoms with Crippen LogP contribution in [0.15, 0.2) is 18.3 Å². The van der Waals surface area contributed by atoms with Gasteiger partial charge in [0.25, 0.3) is 5.91 Å². The van der Waals surface area contributed by atoms with E-state index in [1.165, 1.54) is 18.3 Å². The summed E-state index contributed by atoms with van der Waals surface area (Å²) in [6, 6.07) is 4.88. The summed E-state index contributed by atoms with van der Waals surface area (Å²) in [6.45, 7) is 0.656. The van der Waals surface area contributed by atoms with Crippen molar-refractivity contribution in [1.29, 1.82) is 5.26 Å². The van der Waals surface area contributed by atoms with Crippen molar-refractivity contribution in [3.05, 3.63) is 29.6 Å². The SMILES string of the molecule is CN(C)CC(O)CNC(=O)c1ccc(C#N)nc1. The molecule has 2 N–H and O–H groups in total. The molecule has 0 radical (unpaired) electrons. The van der Waals surface area contributed by atoms with E-state index in [-0.39, 0.29) is 18.1 Å². The number of nitrogens with one attached hydrogen (secondary N) is 1. The quantitative estimate of drug-likeness (QED) is 0.740. The molecular formula is C12H16N4O2. The van der Waals surface area contributed by atoms with Gasteiger partial charge in [0.1, 0.15) is 11.8 Å². The van der Waals surface area contributed by atoms with E-state index in [0.717, 1.165) is 0 Å². The summed E-state index contributed by atoms with van der Waals surface area (Å²) in [6.07, 6.45) is 0.724. The van der Waals surface area contributed by atoms with Gasteiger partial charge in [-0.15, -0.1) is 0 Å². The van der Waals surface area contributed by atoms with Crippen LogP contribution in [0.5, 0.6) is 0 Å². The van der Waals surface area contributed by atoms with Gasteiger partial charge in [0, 0.05) is 19.3 Å². The van der Waals surface area contributed by atoms with E-state index in [0.29, 0.717) is 12.1 Å². The smallest absolute Gasteiger partial charge is 0.252 e. The van der Waals surface area contributed by atoms with Crippen LogP contribution in [0, 0.1) is 11.3 Å². The van der Waals surface area contributed by atoms with Crippen molar-refractivity contribution < 1.29 is 9.90 Å². The zero-order valence-corrected chi connectivity index (χ0v) is 10.4. The summed E-state index contributed by atoms with van der Waals surface area (Å²) >= 11 is 0. The fourth-order valence-electron chi connectivity index (χ4n) is 1.39. The number of carbonyl (C=O) groups is 1. The van der Waals surface area contributed by atoms with Crippen molar-refractivity contribution in [2.75, 3.05) is 27.2 Å². The number of pyridine rings is 1. The third-order valence-electron chi connectivity index (χ3n) is 2.21. The van der Waals surface area contributed by atoms with Crippen LogP contribution in [-0.2, 0) is 0 Å². The standard InChI is InChI=1S/C12H16N4O2/c1-16(2)8-11(17)7-15-12(18)9-3-4-10(5-13)14-6-9/h3-4,6,11,17H,7-8H2,1-2H3,(H,15,18). The molecule has 1 aromatic rings. The van der Waals surface area contributed by atoms with Gasteiger partial charge in [-0.1, -0.05) is 0 Å². The molecule has 6 nitrogen and oxygen atoms in total. The Hall–Kier alpha value is -1.97. The summed E-state index contributed by atoms with van der Waals surface area (Å²) in [5, 5.41) is 20.8. The lowest BCUT2D eigenvalue weighted by atomic mass is 10.2. The van der Waals surface area contributed by atoms with E-state index < -0.39 is 6.10 Å². The van der Waals surface area contributed by atoms with Crippen LogP contribution in [0.3, 0.4) is 0 Å². The molecular weight excluding hydrogens is 232 g/mol. The second-order valence-electron chi connectivity index (χ2n) is 4.17. The number of hydrogen-bond donors (Lipinski definition) is 2. The van der Waals surface area contributed by atoms with Gasteiger partial charge < -0.3 is 15.3 Å². The van der Waals surface area contributed by atoms with Crippen molar-refractivity contribution in [1.82, 2.24) is 15.2 Å². The Morgan fingerprint density at radius 3 is 2.83 bits per heavy atom. The van der Waals surface area contributed by atoms with Crippen LogP contribution in [0.25, 0.3) is 0 Å². The molecule has 0 aliphatic heterocycles. The molecule has 1 atom stereocenters. The van der Waals surface area contributed by atoms with Crippen LogP contribution in [-0.4, -0.2) is 54.2 Å². The first-order valence-electron chi connectivity index (χ1n) is 5.50. The molecule has 0 aliphatic rings. The topological polar surface area (TPSA) is 89.2 Å². The van der Waals surface area contributed by atoms with Crippen LogP contribution < -0.4 is 5.32 Å². The number of nitrogens with zero attached hydrogens (tertiary/aromatic N) is 3. The van der Waals surface area contributed by atoms with Gasteiger partial charge in [-0.3, -0.25) is 4.79 Å². The molecule has 0 aromatic carbocycles. The molecule has 6 heteroatoms. The lowest BCUT2D eigenvalue weighted by molar-refractivity contribution is 0.0892. The van der Waals surface area contributed by atoms with Crippen molar-refractivity contribution in [2.45, 2.75) is 6.10 Å². The van der Waals surface area contributed by atoms with Gasteiger partial charge in [-0.2, -0.15) is 5.26 Å². The van der Waals surface area contributed by atoms with Gasteiger partial charge in [-0.05, 0) is 26.2 Å². The highest BCUT2D eigenvalue weighted by atomic mass is 16.3. The lowest BCUT2D eigenvalue weighted by Crippen LogP contribution is -2.37. The van der Waals surface area contributed by atoms with Crippen molar-refractivity contribution in [3.63, 3.8) is 0 Å². The molecule has 0 fully saturated rings. The first-order chi connectivity index (χ1) is 8.52. The van der Waals surface area contributed by atoms with Crippen LogP contribution in [0.1, 0.15) is 16.1 Å². The average Bonchev–Trinajstić information content (AvgIpc) is 2.35. The highest BCUT2D eigenvalue weighted by molar-refractivity contribution is 5.93. The number of rotatable bonds is 5. The number of hydrogen-bond acceptors (Lipinski definition) is 5. The van der Waals surface area contributed by atoms with E-state index in [1.54, 1.807) is 0 Å². The average molecular weight is 248 g/mol. The molecule has 1 heterocycles. The molecule has 0 saturated carbocycles. The Balaban J connectivity index is 2.47. The summed E-state index contributed by atoms with van der Waals surface area (Å²) in [5.41, 5.74) is 0.630. The normalized spacial score (nSPS) is 11.9. The predicted octanol–water partition coefficient (Wildman–Crippen LogP) is -0.394. The van der Waals surface area contributed by atoms with Gasteiger partial charge in [0.15, 0.2) is 0 Å².